The van der Waals surface area contributed by atoms with Crippen LogP contribution in [0.3, 0.4) is 0 Å². The van der Waals surface area contributed by atoms with E-state index in [0.717, 1.165) is 19.0 Å². The van der Waals surface area contributed by atoms with Crippen LogP contribution in [-0.2, 0) is 6.54 Å². The fourth-order valence-corrected chi connectivity index (χ4v) is 4.48. The van der Waals surface area contributed by atoms with E-state index in [0.29, 0.717) is 5.41 Å². The van der Waals surface area contributed by atoms with E-state index in [2.05, 4.69) is 49.5 Å². The Morgan fingerprint density at radius 3 is 2.67 bits per heavy atom. The van der Waals surface area contributed by atoms with Crippen molar-refractivity contribution in [3.63, 3.8) is 0 Å². The minimum absolute atomic E-state index is 0.196. The first-order valence-electron chi connectivity index (χ1n) is 8.30. The van der Waals surface area contributed by atoms with E-state index < -0.39 is 0 Å². The Balaban J connectivity index is 2.06. The third kappa shape index (κ3) is 4.08. The van der Waals surface area contributed by atoms with E-state index in [9.17, 15) is 0 Å². The van der Waals surface area contributed by atoms with Gasteiger partial charge in [0.25, 0.3) is 0 Å². The first-order valence-corrected chi connectivity index (χ1v) is 9.24. The van der Waals surface area contributed by atoms with Gasteiger partial charge in [-0.25, -0.2) is 0 Å². The lowest BCUT2D eigenvalue weighted by Crippen LogP contribution is -2.51. The second-order valence-electron chi connectivity index (χ2n) is 7.91. The average molecular weight is 309 g/mol. The van der Waals surface area contributed by atoms with E-state index in [1.54, 1.807) is 11.3 Å². The highest BCUT2D eigenvalue weighted by molar-refractivity contribution is 7.07. The van der Waals surface area contributed by atoms with Crippen LogP contribution in [0.2, 0.25) is 0 Å². The molecule has 0 spiro atoms. The fraction of sp³-hybridized carbons (Fsp3) is 0.778. The molecule has 0 amide bonds. The van der Waals surface area contributed by atoms with E-state index >= 15 is 0 Å². The number of nitrogens with two attached hydrogens (primary N) is 1. The molecule has 2 N–H and O–H groups in total. The van der Waals surface area contributed by atoms with Crippen LogP contribution in [0.15, 0.2) is 16.8 Å². The van der Waals surface area contributed by atoms with Gasteiger partial charge in [-0.05, 0) is 66.5 Å². The molecule has 1 aromatic heterocycles. The highest BCUT2D eigenvalue weighted by atomic mass is 32.1. The molecule has 0 radical (unpaired) electrons. The molecule has 1 heterocycles. The molecule has 2 nitrogen and oxygen atoms in total. The summed E-state index contributed by atoms with van der Waals surface area (Å²) < 4.78 is 0. The monoisotopic (exact) mass is 308 g/mol. The Morgan fingerprint density at radius 1 is 1.33 bits per heavy atom. The second-order valence-corrected chi connectivity index (χ2v) is 8.69. The van der Waals surface area contributed by atoms with Crippen molar-refractivity contribution in [2.75, 3.05) is 13.6 Å². The quantitative estimate of drug-likeness (QED) is 0.830. The molecule has 120 valence electrons. The molecule has 0 saturated heterocycles. The van der Waals surface area contributed by atoms with Gasteiger partial charge < -0.3 is 5.73 Å². The molecule has 2 unspecified atom stereocenters. The number of hydrogen-bond acceptors (Lipinski definition) is 3. The molecule has 0 aliphatic heterocycles. The van der Waals surface area contributed by atoms with E-state index in [1.807, 2.05) is 0 Å². The maximum atomic E-state index is 6.25. The summed E-state index contributed by atoms with van der Waals surface area (Å²) in [7, 11) is 2.27. The Kier molecular flexibility index (Phi) is 5.50. The van der Waals surface area contributed by atoms with Gasteiger partial charge >= 0.3 is 0 Å². The predicted octanol–water partition coefficient (Wildman–Crippen LogP) is 4.50. The molecular formula is C18H32N2S. The molecule has 1 aromatic rings. The SMILES string of the molecule is CN(Cc1ccsc1)C1(CN)CCCC(C(C)(C)C)CC1. The smallest absolute Gasteiger partial charge is 0.0332 e. The van der Waals surface area contributed by atoms with Gasteiger partial charge in [-0.2, -0.15) is 11.3 Å². The Morgan fingerprint density at radius 2 is 2.10 bits per heavy atom. The van der Waals surface area contributed by atoms with Crippen molar-refractivity contribution in [3.8, 4) is 0 Å². The molecule has 2 rings (SSSR count). The number of nitrogens with zero attached hydrogens (tertiary/aromatic N) is 1. The largest absolute Gasteiger partial charge is 0.329 e. The van der Waals surface area contributed by atoms with Crippen molar-refractivity contribution in [1.82, 2.24) is 4.90 Å². The van der Waals surface area contributed by atoms with Crippen LogP contribution in [0, 0.1) is 11.3 Å². The van der Waals surface area contributed by atoms with Crippen LogP contribution in [0.25, 0.3) is 0 Å². The minimum atomic E-state index is 0.196. The molecule has 1 aliphatic carbocycles. The summed E-state index contributed by atoms with van der Waals surface area (Å²) in [6.45, 7) is 8.98. The maximum absolute atomic E-state index is 6.25. The highest BCUT2D eigenvalue weighted by Crippen LogP contribution is 2.41. The first kappa shape index (κ1) is 17.0. The Bertz CT molecular complexity index is 421. The van der Waals surface area contributed by atoms with Gasteiger partial charge in [-0.15, -0.1) is 0 Å². The lowest BCUT2D eigenvalue weighted by atomic mass is 9.76. The predicted molar refractivity (Wildman–Crippen MR) is 93.6 cm³/mol. The molecule has 1 saturated carbocycles. The summed E-state index contributed by atoms with van der Waals surface area (Å²) in [6.07, 6.45) is 6.47. The molecule has 0 bridgehead atoms. The molecule has 0 aromatic carbocycles. The normalized spacial score (nSPS) is 27.8. The number of hydrogen-bond donors (Lipinski definition) is 1. The van der Waals surface area contributed by atoms with Crippen molar-refractivity contribution in [3.05, 3.63) is 22.4 Å². The van der Waals surface area contributed by atoms with Gasteiger partial charge in [0.1, 0.15) is 0 Å². The van der Waals surface area contributed by atoms with Crippen LogP contribution in [0.4, 0.5) is 0 Å². The number of likely N-dealkylation sites (N-methyl/N-ethyl adjacent to an activating group) is 1. The number of rotatable bonds is 4. The third-order valence-corrected chi connectivity index (χ3v) is 6.30. The summed E-state index contributed by atoms with van der Waals surface area (Å²) in [5.41, 5.74) is 8.30. The van der Waals surface area contributed by atoms with Gasteiger partial charge in [0, 0.05) is 18.6 Å². The van der Waals surface area contributed by atoms with Crippen molar-refractivity contribution in [2.24, 2.45) is 17.1 Å². The number of thiophene rings is 1. The van der Waals surface area contributed by atoms with Crippen molar-refractivity contribution in [2.45, 2.75) is 65.0 Å². The van der Waals surface area contributed by atoms with E-state index in [4.69, 9.17) is 5.73 Å². The highest BCUT2D eigenvalue weighted by Gasteiger charge is 2.38. The minimum Gasteiger partial charge on any atom is -0.329 e. The summed E-state index contributed by atoms with van der Waals surface area (Å²) >= 11 is 1.78. The van der Waals surface area contributed by atoms with Crippen molar-refractivity contribution >= 4 is 11.3 Å². The van der Waals surface area contributed by atoms with Crippen LogP contribution in [-0.4, -0.2) is 24.0 Å². The molecule has 3 heteroatoms. The van der Waals surface area contributed by atoms with Gasteiger partial charge in [-0.1, -0.05) is 27.2 Å². The van der Waals surface area contributed by atoms with E-state index in [-0.39, 0.29) is 5.54 Å². The lowest BCUT2D eigenvalue weighted by Gasteiger charge is -2.41. The van der Waals surface area contributed by atoms with Gasteiger partial charge in [0.15, 0.2) is 0 Å². The van der Waals surface area contributed by atoms with Gasteiger partial charge in [0.05, 0.1) is 0 Å². The standard InChI is InChI=1S/C18H32N2S/c1-17(2,3)16-6-5-9-18(14-19,10-7-16)20(4)12-15-8-11-21-13-15/h8,11,13,16H,5-7,9-10,12,14,19H2,1-4H3. The van der Waals surface area contributed by atoms with Crippen LogP contribution >= 0.6 is 11.3 Å². The summed E-state index contributed by atoms with van der Waals surface area (Å²) in [4.78, 5) is 2.53. The molecular weight excluding hydrogens is 276 g/mol. The second kappa shape index (κ2) is 6.80. The van der Waals surface area contributed by atoms with Gasteiger partial charge in [0.2, 0.25) is 0 Å². The van der Waals surface area contributed by atoms with Gasteiger partial charge in [-0.3, -0.25) is 4.90 Å². The van der Waals surface area contributed by atoms with Crippen LogP contribution in [0.1, 0.15) is 58.4 Å². The van der Waals surface area contributed by atoms with Crippen molar-refractivity contribution in [1.29, 1.82) is 0 Å². The zero-order valence-electron chi connectivity index (χ0n) is 14.2. The summed E-state index contributed by atoms with van der Waals surface area (Å²) in [5.74, 6) is 0.834. The summed E-state index contributed by atoms with van der Waals surface area (Å²) in [6, 6.07) is 2.24. The average Bonchev–Trinajstić information content (AvgIpc) is 2.81. The Labute approximate surface area is 134 Å². The summed E-state index contributed by atoms with van der Waals surface area (Å²) in [5, 5.41) is 4.43. The molecule has 2 atom stereocenters. The maximum Gasteiger partial charge on any atom is 0.0332 e. The topological polar surface area (TPSA) is 29.3 Å². The molecule has 1 fully saturated rings. The zero-order chi connectivity index (χ0) is 15.5. The van der Waals surface area contributed by atoms with E-state index in [1.165, 1.54) is 37.7 Å². The Hall–Kier alpha value is -0.380. The first-order chi connectivity index (χ1) is 9.87. The molecule has 1 aliphatic rings. The fourth-order valence-electron chi connectivity index (χ4n) is 3.82. The van der Waals surface area contributed by atoms with Crippen LogP contribution in [0.5, 0.6) is 0 Å². The third-order valence-electron chi connectivity index (χ3n) is 5.57. The lowest BCUT2D eigenvalue weighted by molar-refractivity contribution is 0.0952. The van der Waals surface area contributed by atoms with Crippen molar-refractivity contribution < 1.29 is 0 Å². The zero-order valence-corrected chi connectivity index (χ0v) is 15.0. The molecule has 21 heavy (non-hydrogen) atoms. The van der Waals surface area contributed by atoms with Crippen LogP contribution < -0.4 is 5.73 Å².